The molecular weight excluding hydrogens is 1100 g/mol. The topological polar surface area (TPSA) is 98.7 Å². The first-order valence-corrected chi connectivity index (χ1v) is 32.1. The number of likely N-dealkylation sites (tertiary alicyclic amines) is 2. The molecule has 400 valence electrons. The highest BCUT2D eigenvalue weighted by Crippen LogP contribution is 2.89. The van der Waals surface area contributed by atoms with E-state index in [2.05, 4.69) is 21.3 Å². The third-order valence-corrected chi connectivity index (χ3v) is 29.1. The number of rotatable bonds is 16. The van der Waals surface area contributed by atoms with Crippen LogP contribution in [0.3, 0.4) is 0 Å². The Bertz CT molecular complexity index is 7070. The molecule has 24 aromatic carbocycles. The molecule has 10 aliphatic rings. The van der Waals surface area contributed by atoms with Gasteiger partial charge in [-0.25, -0.2) is 0 Å². The highest BCUT2D eigenvalue weighted by molar-refractivity contribution is 6.79. The van der Waals surface area contributed by atoms with Gasteiger partial charge in [0.05, 0.1) is 87.6 Å². The van der Waals surface area contributed by atoms with Gasteiger partial charge in [-0.3, -0.25) is 9.80 Å². The molecule has 2 heterocycles. The van der Waals surface area contributed by atoms with Gasteiger partial charge in [0.2, 0.25) is 0 Å². The fourth-order valence-electron chi connectivity index (χ4n) is 28.8. The number of halogens is 2. The summed E-state index contributed by atoms with van der Waals surface area (Å²) in [6.07, 6.45) is 0. The number of ether oxygens (including phenoxy) is 4. The van der Waals surface area contributed by atoms with Gasteiger partial charge < -0.3 is 55.2 Å². The molecule has 10 heteroatoms. The van der Waals surface area contributed by atoms with E-state index in [-0.39, 0.29) is 46.5 Å². The lowest BCUT2D eigenvalue weighted by Crippen LogP contribution is -3.00. The molecule has 0 bridgehead atoms. The van der Waals surface area contributed by atoms with Crippen molar-refractivity contribution in [3.8, 4) is 11.1 Å². The molecule has 0 aromatic heterocycles. The molecule has 2 fully saturated rings. The van der Waals surface area contributed by atoms with Crippen LogP contribution in [-0.4, -0.2) is 115 Å². The lowest BCUT2D eigenvalue weighted by molar-refractivity contribution is -0.374. The monoisotopic (exact) mass is 1140 g/mol. The fraction of sp³-hybridized carbons (Fsp3) is 0.263. The minimum Gasteiger partial charge on any atom is -1.00 e. The predicted octanol–water partition coefficient (Wildman–Crippen LogP) is 6.00. The van der Waals surface area contributed by atoms with E-state index >= 15 is 0 Å². The highest BCUT2D eigenvalue weighted by atomic mass is 35.5. The highest BCUT2D eigenvalue weighted by Gasteiger charge is 2.79. The molecule has 8 aliphatic carbocycles. The van der Waals surface area contributed by atoms with Crippen LogP contribution in [-0.2, 0) is 40.6 Å². The predicted molar refractivity (Wildman–Crippen MR) is 338 cm³/mol. The summed E-state index contributed by atoms with van der Waals surface area (Å²) >= 11 is 0. The minimum absolute atomic E-state index is 0. The molecule has 2 aliphatic heterocycles. The number of hydrogen-bond acceptors (Lipinski definition) is 6. The number of nitrogens with zero attached hydrogens (tertiary/aromatic N) is 2. The van der Waals surface area contributed by atoms with Crippen molar-refractivity contribution in [2.24, 2.45) is 0 Å². The van der Waals surface area contributed by atoms with Crippen molar-refractivity contribution >= 4 is 248 Å². The Morgan fingerprint density at radius 1 is 0.221 bits per heavy atom. The molecule has 0 radical (unpaired) electrons. The van der Waals surface area contributed by atoms with Crippen LogP contribution in [0.5, 0.6) is 0 Å². The Morgan fingerprint density at radius 2 is 0.384 bits per heavy atom. The van der Waals surface area contributed by atoms with Gasteiger partial charge in [0.25, 0.3) is 0 Å². The molecule has 86 heavy (non-hydrogen) atoms. The van der Waals surface area contributed by atoms with Crippen LogP contribution in [0.4, 0.5) is 0 Å². The molecule has 2 saturated heterocycles. The van der Waals surface area contributed by atoms with E-state index in [0.29, 0.717) is 39.6 Å². The van der Waals surface area contributed by atoms with Crippen LogP contribution < -0.4 is 36.3 Å². The molecule has 2 unspecified atom stereocenters. The van der Waals surface area contributed by atoms with Gasteiger partial charge >= 0.3 is 0 Å². The van der Waals surface area contributed by atoms with Crippen molar-refractivity contribution in [3.63, 3.8) is 0 Å². The van der Waals surface area contributed by atoms with Crippen molar-refractivity contribution in [1.29, 1.82) is 0 Å². The summed E-state index contributed by atoms with van der Waals surface area (Å²) in [6, 6.07) is 0. The summed E-state index contributed by atoms with van der Waals surface area (Å²) in [5, 5.41) is 77.3. The smallest absolute Gasteiger partial charge is 0.0977 e. The second-order valence-corrected chi connectivity index (χ2v) is 30.2. The van der Waals surface area contributed by atoms with Gasteiger partial charge in [-0.05, 0) is 303 Å². The van der Waals surface area contributed by atoms with E-state index in [4.69, 9.17) is 18.9 Å². The molecule has 0 amide bonds. The Hall–Kier alpha value is -7.02. The number of hydrogen-bond donors (Lipinski definition) is 2. The van der Waals surface area contributed by atoms with Crippen molar-refractivity contribution in [2.75, 3.05) is 105 Å². The van der Waals surface area contributed by atoms with Gasteiger partial charge in [-0.1, -0.05) is 0 Å². The summed E-state index contributed by atoms with van der Waals surface area (Å²) in [7, 11) is 0. The number of quaternary nitrogens is 2. The maximum atomic E-state index is 6.67. The SMILES string of the molecule is [Cl-].[Cl-].[NH3+]CCOCCOCCN1CC23c4c5c6c7c8c9c%10c%11c%12c%13c%14c(c-5c5c%15c%16c(c%17c%18c2c2c4c7c4c8c7c%10c8c%10c%11c%11c%13c(c%14%15)c%13c%16c%14c%17c%15c%18c%16c2c4c2c7c8c4c(c%162)c%15c2c%14c%13c%11c%10c24)C53C1)C61CN(CCOCCOCC[NH3+])CC9%121. The fourth-order valence-corrected chi connectivity index (χ4v) is 28.8. The van der Waals surface area contributed by atoms with Crippen LogP contribution in [0.2, 0.25) is 0 Å². The van der Waals surface area contributed by atoms with E-state index in [1.807, 2.05) is 0 Å². The van der Waals surface area contributed by atoms with Crippen molar-refractivity contribution in [1.82, 2.24) is 9.80 Å². The largest absolute Gasteiger partial charge is 1.00 e. The molecule has 4 spiro atoms. The van der Waals surface area contributed by atoms with Crippen molar-refractivity contribution in [2.45, 2.75) is 21.7 Å². The second-order valence-electron chi connectivity index (χ2n) is 30.2. The van der Waals surface area contributed by atoms with E-state index in [1.165, 1.54) is 0 Å². The molecule has 0 saturated carbocycles. The summed E-state index contributed by atoms with van der Waals surface area (Å²) in [4.78, 5) is 5.98. The van der Waals surface area contributed by atoms with Gasteiger partial charge in [0.15, 0.2) is 0 Å². The lowest BCUT2D eigenvalue weighted by Gasteiger charge is -2.50. The summed E-state index contributed by atoms with van der Waals surface area (Å²) in [5.74, 6) is 0. The summed E-state index contributed by atoms with van der Waals surface area (Å²) < 4.78 is 25.3. The number of benzene rings is 16. The summed E-state index contributed by atoms with van der Waals surface area (Å²) in [6.45, 7) is 13.0. The molecular formula is C76H38Cl2N4O4. The third-order valence-electron chi connectivity index (χ3n) is 29.1. The second kappa shape index (κ2) is 10.4. The Balaban J connectivity index is 0.00000210. The van der Waals surface area contributed by atoms with Crippen molar-refractivity contribution in [3.05, 3.63) is 44.5 Å². The van der Waals surface area contributed by atoms with Crippen LogP contribution in [0, 0.1) is 0 Å². The molecule has 24 aromatic rings. The molecule has 34 rings (SSSR count). The zero-order valence-corrected chi connectivity index (χ0v) is 47.5. The normalized spacial score (nSPS) is 25.3. The Morgan fingerprint density at radius 3 is 0.605 bits per heavy atom. The zero-order valence-electron chi connectivity index (χ0n) is 46.0. The van der Waals surface area contributed by atoms with E-state index < -0.39 is 0 Å². The van der Waals surface area contributed by atoms with E-state index in [9.17, 15) is 0 Å². The molecule has 6 N–H and O–H groups in total. The standard InChI is InChI=1S/C76H36N4O4.2ClH/c77-1-5-81-9-11-83-7-3-79-13-73-65-51-41-30-21-17-18-20-25-19(17)26-23-28(21)36(41)47-39-32(23)43-34(26)45-38(25)46-35-27(20)24-29-22(18)31(30)42-37(29)48-40-33(24)44(35)56-60-50(40)62(58(48)66(73)52(42)51)72-64-63-69-59(49(39)61(57(47)65)71(63)76(72,73)16-79)55(43)67-53(45)54(46)68(56)75(70(60)64)15-80(14-74(67,69)75)4-8-84-12-10-82-6-2-78;;/h1-16,77-78H2;2*1H. The quantitative estimate of drug-likeness (QED) is 0.0912. The van der Waals surface area contributed by atoms with E-state index in [1.54, 1.807) is 303 Å². The third kappa shape index (κ3) is 2.56. The Labute approximate surface area is 492 Å². The average molecular weight is 1140 g/mol. The van der Waals surface area contributed by atoms with Crippen LogP contribution in [0.1, 0.15) is 44.5 Å². The summed E-state index contributed by atoms with van der Waals surface area (Å²) in [5.41, 5.74) is 24.9. The maximum Gasteiger partial charge on any atom is 0.0977 e. The lowest BCUT2D eigenvalue weighted by atomic mass is 9.49. The minimum atomic E-state index is -0.254. The van der Waals surface area contributed by atoms with E-state index in [0.717, 1.165) is 65.6 Å². The first-order chi connectivity index (χ1) is 41.8. The first-order valence-electron chi connectivity index (χ1n) is 32.1. The van der Waals surface area contributed by atoms with Crippen LogP contribution in [0.15, 0.2) is 0 Å². The zero-order chi connectivity index (χ0) is 51.6. The molecule has 2 atom stereocenters. The van der Waals surface area contributed by atoms with Gasteiger partial charge in [-0.15, -0.1) is 0 Å². The maximum absolute atomic E-state index is 6.67. The van der Waals surface area contributed by atoms with Gasteiger partial charge in [0, 0.05) is 39.3 Å². The Kier molecular flexibility index (Phi) is 4.88. The van der Waals surface area contributed by atoms with Gasteiger partial charge in [-0.2, -0.15) is 0 Å². The van der Waals surface area contributed by atoms with Crippen LogP contribution >= 0.6 is 0 Å². The van der Waals surface area contributed by atoms with Crippen molar-refractivity contribution < 1.29 is 55.2 Å². The first kappa shape index (κ1) is 40.4. The van der Waals surface area contributed by atoms with Gasteiger partial charge in [0.1, 0.15) is 0 Å². The average Bonchev–Trinajstić information content (AvgIpc) is 1.38. The van der Waals surface area contributed by atoms with Crippen LogP contribution in [0.25, 0.3) is 259 Å². The molecule has 8 nitrogen and oxygen atoms in total.